The molecule has 0 aromatic rings. The molecule has 0 bridgehead atoms. The summed E-state index contributed by atoms with van der Waals surface area (Å²) in [5.74, 6) is 1.01. The van der Waals surface area contributed by atoms with Crippen molar-refractivity contribution in [2.75, 3.05) is 7.05 Å². The van der Waals surface area contributed by atoms with E-state index in [-0.39, 0.29) is 11.9 Å². The van der Waals surface area contributed by atoms with Gasteiger partial charge in [-0.05, 0) is 38.5 Å². The van der Waals surface area contributed by atoms with Gasteiger partial charge in [0.2, 0.25) is 5.91 Å². The van der Waals surface area contributed by atoms with Crippen LogP contribution >= 0.6 is 0 Å². The summed E-state index contributed by atoms with van der Waals surface area (Å²) in [4.78, 5) is 11.3. The first-order chi connectivity index (χ1) is 7.17. The minimum Gasteiger partial charge on any atom is -0.358 e. The van der Waals surface area contributed by atoms with Gasteiger partial charge in [0, 0.05) is 13.1 Å². The van der Waals surface area contributed by atoms with Crippen LogP contribution in [-0.2, 0) is 4.79 Å². The van der Waals surface area contributed by atoms with Gasteiger partial charge in [-0.25, -0.2) is 0 Å². The molecule has 0 heterocycles. The highest BCUT2D eigenvalue weighted by molar-refractivity contribution is 5.80. The van der Waals surface area contributed by atoms with E-state index in [0.29, 0.717) is 6.04 Å². The Morgan fingerprint density at radius 1 is 1.33 bits per heavy atom. The van der Waals surface area contributed by atoms with Crippen molar-refractivity contribution in [3.8, 4) is 0 Å². The first-order valence-electron chi connectivity index (χ1n) is 6.15. The third-order valence-corrected chi connectivity index (χ3v) is 3.55. The van der Waals surface area contributed by atoms with Gasteiger partial charge in [0.05, 0.1) is 6.04 Å². The van der Waals surface area contributed by atoms with Crippen LogP contribution in [0.4, 0.5) is 0 Å². The number of amides is 1. The quantitative estimate of drug-likeness (QED) is 0.744. The molecule has 3 nitrogen and oxygen atoms in total. The minimum atomic E-state index is -0.0572. The number of hydrogen-bond donors (Lipinski definition) is 2. The van der Waals surface area contributed by atoms with E-state index in [4.69, 9.17) is 0 Å². The fourth-order valence-corrected chi connectivity index (χ4v) is 2.38. The highest BCUT2D eigenvalue weighted by Gasteiger charge is 2.22. The Kier molecular flexibility index (Phi) is 5.09. The standard InChI is InChI=1S/C12H24N2O/c1-4-10-5-7-11(8-6-10)14-9(2)12(15)13-3/h9-11,14H,4-8H2,1-3H3,(H,13,15). The van der Waals surface area contributed by atoms with E-state index >= 15 is 0 Å². The maximum Gasteiger partial charge on any atom is 0.236 e. The lowest BCUT2D eigenvalue weighted by Crippen LogP contribution is -2.46. The first-order valence-corrected chi connectivity index (χ1v) is 6.15. The van der Waals surface area contributed by atoms with Crippen LogP contribution in [-0.4, -0.2) is 25.0 Å². The maximum atomic E-state index is 11.3. The molecule has 1 rings (SSSR count). The van der Waals surface area contributed by atoms with Gasteiger partial charge in [0.1, 0.15) is 0 Å². The van der Waals surface area contributed by atoms with Crippen molar-refractivity contribution in [1.82, 2.24) is 10.6 Å². The molecule has 88 valence electrons. The molecule has 0 aliphatic heterocycles. The molecule has 0 aromatic carbocycles. The van der Waals surface area contributed by atoms with Gasteiger partial charge < -0.3 is 10.6 Å². The minimum absolute atomic E-state index is 0.0572. The molecule has 1 fully saturated rings. The molecule has 3 heteroatoms. The first kappa shape index (κ1) is 12.5. The van der Waals surface area contributed by atoms with Crippen molar-refractivity contribution in [3.63, 3.8) is 0 Å². The highest BCUT2D eigenvalue weighted by atomic mass is 16.2. The third-order valence-electron chi connectivity index (χ3n) is 3.55. The van der Waals surface area contributed by atoms with Crippen LogP contribution < -0.4 is 10.6 Å². The molecule has 0 spiro atoms. The molecule has 2 N–H and O–H groups in total. The van der Waals surface area contributed by atoms with Gasteiger partial charge in [0.15, 0.2) is 0 Å². The number of carbonyl (C=O) groups excluding carboxylic acids is 1. The largest absolute Gasteiger partial charge is 0.358 e. The van der Waals surface area contributed by atoms with Crippen molar-refractivity contribution in [2.24, 2.45) is 5.92 Å². The predicted octanol–water partition coefficient (Wildman–Crippen LogP) is 1.68. The second-order valence-corrected chi connectivity index (χ2v) is 4.63. The molecule has 1 saturated carbocycles. The third kappa shape index (κ3) is 3.82. The van der Waals surface area contributed by atoms with E-state index in [1.807, 2.05) is 6.92 Å². The molecule has 1 amide bonds. The van der Waals surface area contributed by atoms with Gasteiger partial charge in [-0.2, -0.15) is 0 Å². The topological polar surface area (TPSA) is 41.1 Å². The average Bonchev–Trinajstić information content (AvgIpc) is 2.29. The molecule has 1 atom stereocenters. The normalized spacial score (nSPS) is 28.5. The SMILES string of the molecule is CCC1CCC(NC(C)C(=O)NC)CC1. The summed E-state index contributed by atoms with van der Waals surface area (Å²) < 4.78 is 0. The summed E-state index contributed by atoms with van der Waals surface area (Å²) in [7, 11) is 1.69. The fraction of sp³-hybridized carbons (Fsp3) is 0.917. The Labute approximate surface area is 93.0 Å². The van der Waals surface area contributed by atoms with Crippen LogP contribution in [0.15, 0.2) is 0 Å². The zero-order chi connectivity index (χ0) is 11.3. The van der Waals surface area contributed by atoms with Gasteiger partial charge in [-0.3, -0.25) is 4.79 Å². The summed E-state index contributed by atoms with van der Waals surface area (Å²) in [5.41, 5.74) is 0. The van der Waals surface area contributed by atoms with Crippen molar-refractivity contribution >= 4 is 5.91 Å². The average molecular weight is 212 g/mol. The van der Waals surface area contributed by atoms with Crippen LogP contribution in [0.5, 0.6) is 0 Å². The Morgan fingerprint density at radius 2 is 1.93 bits per heavy atom. The molecular formula is C12H24N2O. The second kappa shape index (κ2) is 6.11. The lowest BCUT2D eigenvalue weighted by molar-refractivity contribution is -0.122. The summed E-state index contributed by atoms with van der Waals surface area (Å²) in [6.45, 7) is 4.20. The second-order valence-electron chi connectivity index (χ2n) is 4.63. The van der Waals surface area contributed by atoms with E-state index in [1.165, 1.54) is 32.1 Å². The molecular weight excluding hydrogens is 188 g/mol. The lowest BCUT2D eigenvalue weighted by atomic mass is 9.84. The van der Waals surface area contributed by atoms with E-state index in [1.54, 1.807) is 7.05 Å². The van der Waals surface area contributed by atoms with Crippen molar-refractivity contribution in [1.29, 1.82) is 0 Å². The molecule has 0 saturated heterocycles. The van der Waals surface area contributed by atoms with E-state index in [0.717, 1.165) is 5.92 Å². The molecule has 1 unspecified atom stereocenters. The van der Waals surface area contributed by atoms with Crippen LogP contribution in [0.1, 0.15) is 46.0 Å². The molecule has 15 heavy (non-hydrogen) atoms. The predicted molar refractivity (Wildman–Crippen MR) is 62.7 cm³/mol. The Balaban J connectivity index is 2.26. The monoisotopic (exact) mass is 212 g/mol. The molecule has 1 aliphatic carbocycles. The summed E-state index contributed by atoms with van der Waals surface area (Å²) in [5, 5.41) is 6.07. The molecule has 0 aromatic heterocycles. The summed E-state index contributed by atoms with van der Waals surface area (Å²) in [6.07, 6.45) is 6.38. The fourth-order valence-electron chi connectivity index (χ4n) is 2.38. The van der Waals surface area contributed by atoms with Gasteiger partial charge in [-0.15, -0.1) is 0 Å². The Morgan fingerprint density at radius 3 is 2.40 bits per heavy atom. The number of nitrogens with one attached hydrogen (secondary N) is 2. The van der Waals surface area contributed by atoms with E-state index in [9.17, 15) is 4.79 Å². The van der Waals surface area contributed by atoms with Crippen molar-refractivity contribution in [3.05, 3.63) is 0 Å². The molecule has 0 radical (unpaired) electrons. The van der Waals surface area contributed by atoms with Crippen LogP contribution in [0.25, 0.3) is 0 Å². The van der Waals surface area contributed by atoms with Gasteiger partial charge in [-0.1, -0.05) is 13.3 Å². The van der Waals surface area contributed by atoms with Crippen LogP contribution in [0.3, 0.4) is 0 Å². The maximum absolute atomic E-state index is 11.3. The number of likely N-dealkylation sites (N-methyl/N-ethyl adjacent to an activating group) is 1. The summed E-state index contributed by atoms with van der Waals surface area (Å²) in [6, 6.07) is 0.485. The smallest absolute Gasteiger partial charge is 0.236 e. The number of carbonyl (C=O) groups is 1. The number of rotatable bonds is 4. The zero-order valence-electron chi connectivity index (χ0n) is 10.2. The van der Waals surface area contributed by atoms with E-state index in [2.05, 4.69) is 17.6 Å². The van der Waals surface area contributed by atoms with E-state index < -0.39 is 0 Å². The van der Waals surface area contributed by atoms with Crippen LogP contribution in [0.2, 0.25) is 0 Å². The van der Waals surface area contributed by atoms with Gasteiger partial charge >= 0.3 is 0 Å². The van der Waals surface area contributed by atoms with Crippen molar-refractivity contribution < 1.29 is 4.79 Å². The van der Waals surface area contributed by atoms with Crippen LogP contribution in [0, 0.1) is 5.92 Å². The Bertz CT molecular complexity index is 198. The highest BCUT2D eigenvalue weighted by Crippen LogP contribution is 2.26. The molecule has 1 aliphatic rings. The zero-order valence-corrected chi connectivity index (χ0v) is 10.2. The van der Waals surface area contributed by atoms with Gasteiger partial charge in [0.25, 0.3) is 0 Å². The number of hydrogen-bond acceptors (Lipinski definition) is 2. The van der Waals surface area contributed by atoms with Crippen molar-refractivity contribution in [2.45, 2.75) is 58.0 Å². The lowest BCUT2D eigenvalue weighted by Gasteiger charge is -2.30. The summed E-state index contributed by atoms with van der Waals surface area (Å²) >= 11 is 0. The Hall–Kier alpha value is -0.570.